The van der Waals surface area contributed by atoms with Gasteiger partial charge in [-0.05, 0) is 12.8 Å². The second kappa shape index (κ2) is 3.74. The Morgan fingerprint density at radius 3 is 3.33 bits per heavy atom. The third-order valence-electron chi connectivity index (χ3n) is 1.23. The van der Waals surface area contributed by atoms with Crippen LogP contribution in [0.1, 0.15) is 12.8 Å². The lowest BCUT2D eigenvalue weighted by Crippen LogP contribution is -2.13. The van der Waals surface area contributed by atoms with Crippen LogP contribution in [-0.4, -0.2) is 23.2 Å². The summed E-state index contributed by atoms with van der Waals surface area (Å²) in [6.45, 7) is 0.723. The van der Waals surface area contributed by atoms with Crippen molar-refractivity contribution >= 4 is 17.7 Å². The van der Waals surface area contributed by atoms with Crippen molar-refractivity contribution < 1.29 is 5.21 Å². The van der Waals surface area contributed by atoms with Gasteiger partial charge in [0.2, 0.25) is 0 Å². The first-order chi connectivity index (χ1) is 4.43. The SMILES string of the molecule is O/N=C1/CCCSNC1. The molecule has 0 radical (unpaired) electrons. The van der Waals surface area contributed by atoms with E-state index in [1.54, 1.807) is 11.9 Å². The molecule has 52 valence electrons. The minimum Gasteiger partial charge on any atom is -0.411 e. The van der Waals surface area contributed by atoms with E-state index in [4.69, 9.17) is 5.21 Å². The summed E-state index contributed by atoms with van der Waals surface area (Å²) in [5.41, 5.74) is 0.861. The van der Waals surface area contributed by atoms with Gasteiger partial charge in [-0.3, -0.25) is 4.72 Å². The molecule has 0 saturated carbocycles. The van der Waals surface area contributed by atoms with Gasteiger partial charge in [0, 0.05) is 12.3 Å². The Morgan fingerprint density at radius 2 is 2.56 bits per heavy atom. The first kappa shape index (κ1) is 6.89. The zero-order valence-electron chi connectivity index (χ0n) is 5.13. The minimum absolute atomic E-state index is 0.723. The van der Waals surface area contributed by atoms with Crippen molar-refractivity contribution in [1.29, 1.82) is 0 Å². The standard InChI is InChI=1S/C5H10N2OS/c8-7-5-2-1-3-9-6-4-5/h6,8H,1-4H2/b7-5-. The zero-order valence-corrected chi connectivity index (χ0v) is 5.95. The van der Waals surface area contributed by atoms with Gasteiger partial charge in [-0.25, -0.2) is 0 Å². The van der Waals surface area contributed by atoms with Crippen LogP contribution in [0.25, 0.3) is 0 Å². The highest BCUT2D eigenvalue weighted by molar-refractivity contribution is 7.97. The fourth-order valence-electron chi connectivity index (χ4n) is 0.729. The zero-order chi connectivity index (χ0) is 6.53. The van der Waals surface area contributed by atoms with Crippen molar-refractivity contribution in [3.05, 3.63) is 0 Å². The van der Waals surface area contributed by atoms with Crippen LogP contribution in [0.15, 0.2) is 5.16 Å². The molecule has 1 aliphatic heterocycles. The van der Waals surface area contributed by atoms with Crippen molar-refractivity contribution in [2.24, 2.45) is 5.16 Å². The van der Waals surface area contributed by atoms with E-state index in [2.05, 4.69) is 9.88 Å². The molecular formula is C5H10N2OS. The van der Waals surface area contributed by atoms with Crippen LogP contribution in [0.4, 0.5) is 0 Å². The minimum atomic E-state index is 0.723. The molecule has 1 aliphatic rings. The van der Waals surface area contributed by atoms with Crippen molar-refractivity contribution in [1.82, 2.24) is 4.72 Å². The predicted molar refractivity (Wildman–Crippen MR) is 38.9 cm³/mol. The smallest absolute Gasteiger partial charge is 0.0717 e. The summed E-state index contributed by atoms with van der Waals surface area (Å²) in [4.78, 5) is 0. The molecule has 0 aromatic heterocycles. The summed E-state index contributed by atoms with van der Waals surface area (Å²) in [6, 6.07) is 0. The monoisotopic (exact) mass is 146 g/mol. The second-order valence-electron chi connectivity index (χ2n) is 1.94. The number of oxime groups is 1. The maximum Gasteiger partial charge on any atom is 0.0717 e. The lowest BCUT2D eigenvalue weighted by Gasteiger charge is -1.95. The van der Waals surface area contributed by atoms with E-state index in [9.17, 15) is 0 Å². The number of hydrogen-bond acceptors (Lipinski definition) is 4. The maximum atomic E-state index is 8.35. The molecule has 1 fully saturated rings. The molecule has 0 aliphatic carbocycles. The van der Waals surface area contributed by atoms with Crippen molar-refractivity contribution in [2.75, 3.05) is 12.3 Å². The molecule has 1 saturated heterocycles. The van der Waals surface area contributed by atoms with Gasteiger partial charge in [0.15, 0.2) is 0 Å². The molecule has 0 aromatic rings. The van der Waals surface area contributed by atoms with Gasteiger partial charge in [-0.1, -0.05) is 17.1 Å². The van der Waals surface area contributed by atoms with Gasteiger partial charge < -0.3 is 5.21 Å². The first-order valence-corrected chi connectivity index (χ1v) is 3.96. The third-order valence-corrected chi connectivity index (χ3v) is 2.07. The highest BCUT2D eigenvalue weighted by atomic mass is 32.2. The molecule has 0 spiro atoms. The molecule has 0 unspecified atom stereocenters. The van der Waals surface area contributed by atoms with Gasteiger partial charge in [0.1, 0.15) is 0 Å². The van der Waals surface area contributed by atoms with Gasteiger partial charge in [0.25, 0.3) is 0 Å². The summed E-state index contributed by atoms with van der Waals surface area (Å²) in [7, 11) is 0. The molecule has 0 aromatic carbocycles. The highest BCUT2D eigenvalue weighted by Gasteiger charge is 2.04. The molecule has 1 heterocycles. The molecule has 3 nitrogen and oxygen atoms in total. The Bertz CT molecular complexity index is 106. The van der Waals surface area contributed by atoms with Crippen molar-refractivity contribution in [3.63, 3.8) is 0 Å². The van der Waals surface area contributed by atoms with E-state index < -0.39 is 0 Å². The number of rotatable bonds is 0. The molecule has 9 heavy (non-hydrogen) atoms. The van der Waals surface area contributed by atoms with Crippen molar-refractivity contribution in [2.45, 2.75) is 12.8 Å². The van der Waals surface area contributed by atoms with Crippen LogP contribution in [0, 0.1) is 0 Å². The van der Waals surface area contributed by atoms with Crippen LogP contribution in [0.5, 0.6) is 0 Å². The lowest BCUT2D eigenvalue weighted by atomic mass is 10.2. The van der Waals surface area contributed by atoms with Gasteiger partial charge in [-0.15, -0.1) is 0 Å². The van der Waals surface area contributed by atoms with E-state index in [-0.39, 0.29) is 0 Å². The van der Waals surface area contributed by atoms with E-state index in [1.165, 1.54) is 0 Å². The number of nitrogens with one attached hydrogen (secondary N) is 1. The molecule has 0 atom stereocenters. The van der Waals surface area contributed by atoms with Crippen molar-refractivity contribution in [3.8, 4) is 0 Å². The van der Waals surface area contributed by atoms with E-state index in [1.807, 2.05) is 0 Å². The summed E-state index contributed by atoms with van der Waals surface area (Å²) >= 11 is 1.69. The Kier molecular flexibility index (Phi) is 2.86. The van der Waals surface area contributed by atoms with Crippen LogP contribution in [0.2, 0.25) is 0 Å². The Balaban J connectivity index is 2.36. The highest BCUT2D eigenvalue weighted by Crippen LogP contribution is 2.05. The Morgan fingerprint density at radius 1 is 1.67 bits per heavy atom. The molecule has 2 N–H and O–H groups in total. The van der Waals surface area contributed by atoms with Crippen LogP contribution >= 0.6 is 11.9 Å². The Hall–Kier alpha value is -0.220. The van der Waals surface area contributed by atoms with Crippen LogP contribution in [0.3, 0.4) is 0 Å². The predicted octanol–water partition coefficient (Wildman–Crippen LogP) is 0.848. The van der Waals surface area contributed by atoms with E-state index >= 15 is 0 Å². The molecular weight excluding hydrogens is 136 g/mol. The fourth-order valence-corrected chi connectivity index (χ4v) is 1.43. The largest absolute Gasteiger partial charge is 0.411 e. The lowest BCUT2D eigenvalue weighted by molar-refractivity contribution is 0.316. The number of nitrogens with zero attached hydrogens (tertiary/aromatic N) is 1. The van der Waals surface area contributed by atoms with E-state index in [0.29, 0.717) is 0 Å². The number of hydrogen-bond donors (Lipinski definition) is 2. The summed E-state index contributed by atoms with van der Waals surface area (Å²) in [5.74, 6) is 1.11. The summed E-state index contributed by atoms with van der Waals surface area (Å²) < 4.78 is 3.07. The molecule has 1 rings (SSSR count). The second-order valence-corrected chi connectivity index (χ2v) is 2.92. The van der Waals surface area contributed by atoms with Crippen LogP contribution in [-0.2, 0) is 0 Å². The average molecular weight is 146 g/mol. The fraction of sp³-hybridized carbons (Fsp3) is 0.800. The van der Waals surface area contributed by atoms with Gasteiger partial charge in [-0.2, -0.15) is 0 Å². The van der Waals surface area contributed by atoms with Gasteiger partial charge >= 0.3 is 0 Å². The van der Waals surface area contributed by atoms with Crippen LogP contribution < -0.4 is 4.72 Å². The molecule has 0 bridgehead atoms. The maximum absolute atomic E-state index is 8.35. The third kappa shape index (κ3) is 2.24. The molecule has 4 heteroatoms. The quantitative estimate of drug-likeness (QED) is 0.302. The average Bonchev–Trinajstić information content (AvgIpc) is 2.13. The molecule has 0 amide bonds. The normalized spacial score (nSPS) is 26.0. The van der Waals surface area contributed by atoms with Gasteiger partial charge in [0.05, 0.1) is 5.71 Å². The summed E-state index contributed by atoms with van der Waals surface area (Å²) in [6.07, 6.45) is 2.04. The first-order valence-electron chi connectivity index (χ1n) is 2.98. The topological polar surface area (TPSA) is 44.6 Å². The summed E-state index contributed by atoms with van der Waals surface area (Å²) in [5, 5.41) is 11.5. The van der Waals surface area contributed by atoms with E-state index in [0.717, 1.165) is 30.9 Å². The Labute approximate surface area is 58.6 Å².